The zero-order valence-electron chi connectivity index (χ0n) is 15.2. The molecule has 1 heterocycles. The number of ether oxygens (including phenoxy) is 1. The quantitative estimate of drug-likeness (QED) is 0.511. The van der Waals surface area contributed by atoms with Crippen molar-refractivity contribution in [2.75, 3.05) is 5.32 Å². The highest BCUT2D eigenvalue weighted by Gasteiger charge is 2.19. The van der Waals surface area contributed by atoms with Crippen LogP contribution >= 0.6 is 22.9 Å². The Kier molecular flexibility index (Phi) is 5.64. The molecular weight excluding hydrogens is 394 g/mol. The standard InChI is InChI=1S/C22H20ClNO3S/c23-19-17-8-4-5-9-18(17)28-20(19)21(25)24-15-12-10-14(11-13-15)22(26)27-16-6-2-1-3-7-16/h4-5,8-13,16H,1-3,6-7H2,(H,24,25). The van der Waals surface area contributed by atoms with Crippen molar-refractivity contribution in [3.8, 4) is 0 Å². The molecule has 6 heteroatoms. The topological polar surface area (TPSA) is 55.4 Å². The molecule has 1 fully saturated rings. The van der Waals surface area contributed by atoms with E-state index in [4.69, 9.17) is 16.3 Å². The predicted octanol–water partition coefficient (Wildman–Crippen LogP) is 6.30. The third-order valence-corrected chi connectivity index (χ3v) is 6.62. The molecule has 1 aliphatic rings. The van der Waals surface area contributed by atoms with Gasteiger partial charge in [-0.15, -0.1) is 11.3 Å². The van der Waals surface area contributed by atoms with E-state index in [2.05, 4.69) is 5.32 Å². The monoisotopic (exact) mass is 413 g/mol. The average molecular weight is 414 g/mol. The molecule has 3 aromatic rings. The van der Waals surface area contributed by atoms with Gasteiger partial charge in [0, 0.05) is 15.8 Å². The van der Waals surface area contributed by atoms with Crippen LogP contribution in [-0.4, -0.2) is 18.0 Å². The van der Waals surface area contributed by atoms with Gasteiger partial charge in [-0.25, -0.2) is 4.79 Å². The largest absolute Gasteiger partial charge is 0.459 e. The van der Waals surface area contributed by atoms with Crippen LogP contribution in [0.2, 0.25) is 5.02 Å². The first kappa shape index (κ1) is 19.0. The highest BCUT2D eigenvalue weighted by atomic mass is 35.5. The molecule has 0 atom stereocenters. The second kappa shape index (κ2) is 8.33. The SMILES string of the molecule is O=C(OC1CCCCC1)c1ccc(NC(=O)c2sc3ccccc3c2Cl)cc1. The lowest BCUT2D eigenvalue weighted by atomic mass is 9.98. The fourth-order valence-electron chi connectivity index (χ4n) is 3.44. The molecule has 1 amide bonds. The Morgan fingerprint density at radius 2 is 1.71 bits per heavy atom. The van der Waals surface area contributed by atoms with Gasteiger partial charge in [-0.2, -0.15) is 0 Å². The summed E-state index contributed by atoms with van der Waals surface area (Å²) in [5.74, 6) is -0.568. The van der Waals surface area contributed by atoms with E-state index in [1.54, 1.807) is 24.3 Å². The van der Waals surface area contributed by atoms with Crippen LogP contribution in [0.4, 0.5) is 5.69 Å². The van der Waals surface area contributed by atoms with E-state index in [-0.39, 0.29) is 18.0 Å². The van der Waals surface area contributed by atoms with E-state index in [1.807, 2.05) is 24.3 Å². The van der Waals surface area contributed by atoms with Crippen LogP contribution in [0.25, 0.3) is 10.1 Å². The molecule has 0 spiro atoms. The van der Waals surface area contributed by atoms with Crippen molar-refractivity contribution in [2.45, 2.75) is 38.2 Å². The Morgan fingerprint density at radius 1 is 1.00 bits per heavy atom. The second-order valence-corrected chi connectivity index (χ2v) is 8.37. The summed E-state index contributed by atoms with van der Waals surface area (Å²) in [6, 6.07) is 14.4. The first-order valence-corrected chi connectivity index (χ1v) is 10.6. The van der Waals surface area contributed by atoms with Gasteiger partial charge in [0.1, 0.15) is 11.0 Å². The molecule has 4 nitrogen and oxygen atoms in total. The number of hydrogen-bond acceptors (Lipinski definition) is 4. The van der Waals surface area contributed by atoms with Crippen LogP contribution < -0.4 is 5.32 Å². The van der Waals surface area contributed by atoms with Gasteiger partial charge in [0.05, 0.1) is 10.6 Å². The van der Waals surface area contributed by atoms with Gasteiger partial charge in [-0.1, -0.05) is 36.2 Å². The van der Waals surface area contributed by atoms with E-state index in [9.17, 15) is 9.59 Å². The van der Waals surface area contributed by atoms with Crippen LogP contribution in [0.5, 0.6) is 0 Å². The van der Waals surface area contributed by atoms with Crippen molar-refractivity contribution >= 4 is 50.6 Å². The summed E-state index contributed by atoms with van der Waals surface area (Å²) >= 11 is 7.73. The number of hydrogen-bond donors (Lipinski definition) is 1. The van der Waals surface area contributed by atoms with Crippen molar-refractivity contribution in [1.29, 1.82) is 0 Å². The fourth-order valence-corrected chi connectivity index (χ4v) is 4.85. The maximum atomic E-state index is 12.6. The number of rotatable bonds is 4. The van der Waals surface area contributed by atoms with E-state index in [0.29, 0.717) is 21.2 Å². The van der Waals surface area contributed by atoms with Crippen LogP contribution in [0, 0.1) is 0 Å². The summed E-state index contributed by atoms with van der Waals surface area (Å²) in [7, 11) is 0. The number of thiophene rings is 1. The van der Waals surface area contributed by atoms with Crippen molar-refractivity contribution in [1.82, 2.24) is 0 Å². The van der Waals surface area contributed by atoms with Gasteiger partial charge >= 0.3 is 5.97 Å². The van der Waals surface area contributed by atoms with Gasteiger partial charge in [-0.3, -0.25) is 4.79 Å². The first-order chi connectivity index (χ1) is 13.6. The Hall–Kier alpha value is -2.37. The number of esters is 1. The number of carbonyl (C=O) groups is 2. The lowest BCUT2D eigenvalue weighted by Crippen LogP contribution is -2.20. The summed E-state index contributed by atoms with van der Waals surface area (Å²) in [5.41, 5.74) is 1.09. The zero-order valence-corrected chi connectivity index (χ0v) is 16.8. The summed E-state index contributed by atoms with van der Waals surface area (Å²) in [6.45, 7) is 0. The molecule has 1 saturated carbocycles. The molecule has 0 aliphatic heterocycles. The van der Waals surface area contributed by atoms with E-state index in [0.717, 1.165) is 35.8 Å². The number of anilines is 1. The number of nitrogens with one attached hydrogen (secondary N) is 1. The zero-order chi connectivity index (χ0) is 19.5. The van der Waals surface area contributed by atoms with Gasteiger partial charge < -0.3 is 10.1 Å². The van der Waals surface area contributed by atoms with Gasteiger partial charge in [-0.05, 0) is 56.0 Å². The number of amides is 1. The van der Waals surface area contributed by atoms with Gasteiger partial charge in [0.25, 0.3) is 5.91 Å². The minimum Gasteiger partial charge on any atom is -0.459 e. The summed E-state index contributed by atoms with van der Waals surface area (Å²) in [6.07, 6.45) is 5.35. The molecule has 28 heavy (non-hydrogen) atoms. The van der Waals surface area contributed by atoms with E-state index >= 15 is 0 Å². The molecule has 144 valence electrons. The Morgan fingerprint density at radius 3 is 2.43 bits per heavy atom. The van der Waals surface area contributed by atoms with Crippen molar-refractivity contribution < 1.29 is 14.3 Å². The number of benzene rings is 2. The fraction of sp³-hybridized carbons (Fsp3) is 0.273. The second-order valence-electron chi connectivity index (χ2n) is 6.94. The maximum absolute atomic E-state index is 12.6. The van der Waals surface area contributed by atoms with Crippen LogP contribution in [0.3, 0.4) is 0 Å². The Bertz CT molecular complexity index is 1010. The first-order valence-electron chi connectivity index (χ1n) is 9.41. The molecule has 1 aliphatic carbocycles. The normalized spacial score (nSPS) is 14.8. The molecule has 0 saturated heterocycles. The Labute approximate surface area is 172 Å². The van der Waals surface area contributed by atoms with Gasteiger partial charge in [0.2, 0.25) is 0 Å². The Balaban J connectivity index is 1.42. The third kappa shape index (κ3) is 4.05. The smallest absolute Gasteiger partial charge is 0.338 e. The van der Waals surface area contributed by atoms with Crippen LogP contribution in [0.1, 0.15) is 52.1 Å². The summed E-state index contributed by atoms with van der Waals surface area (Å²) in [4.78, 5) is 25.4. The minimum atomic E-state index is -0.308. The van der Waals surface area contributed by atoms with Crippen molar-refractivity contribution in [3.05, 3.63) is 64.0 Å². The molecule has 0 radical (unpaired) electrons. The summed E-state index contributed by atoms with van der Waals surface area (Å²) < 4.78 is 6.55. The molecule has 0 unspecified atom stereocenters. The van der Waals surface area contributed by atoms with E-state index in [1.165, 1.54) is 17.8 Å². The predicted molar refractivity (Wildman–Crippen MR) is 114 cm³/mol. The highest BCUT2D eigenvalue weighted by Crippen LogP contribution is 2.35. The number of halogens is 1. The average Bonchev–Trinajstić information content (AvgIpc) is 3.06. The lowest BCUT2D eigenvalue weighted by Gasteiger charge is -2.21. The summed E-state index contributed by atoms with van der Waals surface area (Å²) in [5, 5.41) is 4.18. The highest BCUT2D eigenvalue weighted by molar-refractivity contribution is 7.21. The van der Waals surface area contributed by atoms with E-state index < -0.39 is 0 Å². The molecule has 0 bridgehead atoms. The van der Waals surface area contributed by atoms with Crippen molar-refractivity contribution in [3.63, 3.8) is 0 Å². The molecule has 1 N–H and O–H groups in total. The number of carbonyl (C=O) groups excluding carboxylic acids is 2. The van der Waals surface area contributed by atoms with Crippen molar-refractivity contribution in [2.24, 2.45) is 0 Å². The third-order valence-electron chi connectivity index (χ3n) is 4.95. The van der Waals surface area contributed by atoms with Gasteiger partial charge in [0.15, 0.2) is 0 Å². The number of fused-ring (bicyclic) bond motifs is 1. The molecule has 4 rings (SSSR count). The molecule has 2 aromatic carbocycles. The molecule has 1 aromatic heterocycles. The van der Waals surface area contributed by atoms with Crippen LogP contribution in [-0.2, 0) is 4.74 Å². The lowest BCUT2D eigenvalue weighted by molar-refractivity contribution is 0.0211. The molecular formula is C22H20ClNO3S. The minimum absolute atomic E-state index is 0.0238. The van der Waals surface area contributed by atoms with Crippen LogP contribution in [0.15, 0.2) is 48.5 Å². The maximum Gasteiger partial charge on any atom is 0.338 e.